The van der Waals surface area contributed by atoms with Crippen molar-refractivity contribution in [2.24, 2.45) is 0 Å². The lowest BCUT2D eigenvalue weighted by Crippen LogP contribution is -2.49. The number of benzene rings is 1. The maximum atomic E-state index is 13.6. The van der Waals surface area contributed by atoms with Crippen LogP contribution in [-0.2, 0) is 16.1 Å². The lowest BCUT2D eigenvalue weighted by molar-refractivity contribution is -0.138. The normalized spacial score (nSPS) is 23.6. The molecule has 0 bridgehead atoms. The average molecular weight is 278 g/mol. The fourth-order valence-electron chi connectivity index (χ4n) is 2.39. The third-order valence-electron chi connectivity index (χ3n) is 3.72. The van der Waals surface area contributed by atoms with Crippen LogP contribution in [-0.4, -0.2) is 42.6 Å². The lowest BCUT2D eigenvalue weighted by Gasteiger charge is -2.32. The summed E-state index contributed by atoms with van der Waals surface area (Å²) in [5.74, 6) is -0.233. The van der Waals surface area contributed by atoms with Gasteiger partial charge in [-0.2, -0.15) is 0 Å². The van der Waals surface area contributed by atoms with Crippen molar-refractivity contribution >= 4 is 5.91 Å². The van der Waals surface area contributed by atoms with Gasteiger partial charge in [-0.1, -0.05) is 18.2 Å². The first-order valence-corrected chi connectivity index (χ1v) is 7.10. The van der Waals surface area contributed by atoms with E-state index in [0.29, 0.717) is 31.3 Å². The molecule has 1 atom stereocenters. The van der Waals surface area contributed by atoms with Crippen LogP contribution in [0.4, 0.5) is 4.39 Å². The van der Waals surface area contributed by atoms with E-state index >= 15 is 0 Å². The molecule has 4 nitrogen and oxygen atoms in total. The van der Waals surface area contributed by atoms with Crippen molar-refractivity contribution in [3.05, 3.63) is 35.6 Å². The van der Waals surface area contributed by atoms with Crippen molar-refractivity contribution in [3.8, 4) is 0 Å². The van der Waals surface area contributed by atoms with Crippen LogP contribution < -0.4 is 5.32 Å². The van der Waals surface area contributed by atoms with Crippen LogP contribution in [0.5, 0.6) is 0 Å². The van der Waals surface area contributed by atoms with Crippen molar-refractivity contribution in [1.82, 2.24) is 10.2 Å². The summed E-state index contributed by atoms with van der Waals surface area (Å²) in [4.78, 5) is 14.0. The molecule has 5 heteroatoms. The van der Waals surface area contributed by atoms with Gasteiger partial charge < -0.3 is 10.1 Å². The monoisotopic (exact) mass is 278 g/mol. The zero-order valence-corrected chi connectivity index (χ0v) is 11.3. The van der Waals surface area contributed by atoms with E-state index in [-0.39, 0.29) is 11.7 Å². The molecule has 3 rings (SSSR count). The molecule has 1 unspecified atom stereocenters. The molecule has 2 fully saturated rings. The van der Waals surface area contributed by atoms with Gasteiger partial charge in [-0.25, -0.2) is 4.39 Å². The maximum absolute atomic E-state index is 13.6. The summed E-state index contributed by atoms with van der Waals surface area (Å²) in [5.41, 5.74) is 0.663. The SMILES string of the molecule is O=C(NC1CC1)C1CN(Cc2ccccc2F)CCO1. The molecule has 1 aliphatic carbocycles. The molecule has 1 aliphatic heterocycles. The number of halogens is 1. The molecule has 1 amide bonds. The van der Waals surface area contributed by atoms with Crippen LogP contribution in [0.15, 0.2) is 24.3 Å². The van der Waals surface area contributed by atoms with E-state index in [1.165, 1.54) is 6.07 Å². The Balaban J connectivity index is 1.57. The minimum Gasteiger partial charge on any atom is -0.366 e. The summed E-state index contributed by atoms with van der Waals surface area (Å²) in [6, 6.07) is 7.10. The summed E-state index contributed by atoms with van der Waals surface area (Å²) >= 11 is 0. The van der Waals surface area contributed by atoms with Gasteiger partial charge in [-0.15, -0.1) is 0 Å². The van der Waals surface area contributed by atoms with E-state index in [1.807, 2.05) is 6.07 Å². The molecule has 1 saturated heterocycles. The van der Waals surface area contributed by atoms with Crippen molar-refractivity contribution in [1.29, 1.82) is 0 Å². The Hall–Kier alpha value is -1.46. The van der Waals surface area contributed by atoms with Crippen molar-refractivity contribution in [2.75, 3.05) is 19.7 Å². The quantitative estimate of drug-likeness (QED) is 0.903. The highest BCUT2D eigenvalue weighted by molar-refractivity contribution is 5.81. The smallest absolute Gasteiger partial charge is 0.250 e. The number of carbonyl (C=O) groups excluding carboxylic acids is 1. The number of rotatable bonds is 4. The van der Waals surface area contributed by atoms with E-state index < -0.39 is 6.10 Å². The van der Waals surface area contributed by atoms with Gasteiger partial charge in [0.05, 0.1) is 6.61 Å². The van der Waals surface area contributed by atoms with E-state index in [9.17, 15) is 9.18 Å². The standard InChI is InChI=1S/C15H19FN2O2/c16-13-4-2-1-3-11(13)9-18-7-8-20-14(10-18)15(19)17-12-5-6-12/h1-4,12,14H,5-10H2,(H,17,19). The number of amides is 1. The van der Waals surface area contributed by atoms with Gasteiger partial charge >= 0.3 is 0 Å². The molecule has 1 heterocycles. The molecule has 20 heavy (non-hydrogen) atoms. The van der Waals surface area contributed by atoms with Gasteiger partial charge in [0.25, 0.3) is 5.91 Å². The number of carbonyl (C=O) groups is 1. The second-order valence-electron chi connectivity index (χ2n) is 5.47. The first-order chi connectivity index (χ1) is 9.72. The van der Waals surface area contributed by atoms with E-state index in [2.05, 4.69) is 10.2 Å². The zero-order chi connectivity index (χ0) is 13.9. The fraction of sp³-hybridized carbons (Fsp3) is 0.533. The Morgan fingerprint density at radius 2 is 2.20 bits per heavy atom. The number of hydrogen-bond donors (Lipinski definition) is 1. The summed E-state index contributed by atoms with van der Waals surface area (Å²) < 4.78 is 19.2. The molecule has 0 spiro atoms. The summed E-state index contributed by atoms with van der Waals surface area (Å²) in [6.45, 7) is 2.27. The molecule has 108 valence electrons. The van der Waals surface area contributed by atoms with Crippen LogP contribution in [0.3, 0.4) is 0 Å². The first-order valence-electron chi connectivity index (χ1n) is 7.10. The highest BCUT2D eigenvalue weighted by Gasteiger charge is 2.31. The second-order valence-corrected chi connectivity index (χ2v) is 5.47. The van der Waals surface area contributed by atoms with Crippen molar-refractivity contribution in [2.45, 2.75) is 31.5 Å². The third kappa shape index (κ3) is 3.35. The van der Waals surface area contributed by atoms with Gasteiger partial charge in [0.1, 0.15) is 11.9 Å². The number of morpholine rings is 1. The van der Waals surface area contributed by atoms with Crippen molar-refractivity contribution in [3.63, 3.8) is 0 Å². The van der Waals surface area contributed by atoms with Gasteiger partial charge in [-0.05, 0) is 18.9 Å². The summed E-state index contributed by atoms with van der Waals surface area (Å²) in [5, 5.41) is 2.95. The molecule has 2 aliphatic rings. The van der Waals surface area contributed by atoms with Gasteiger partial charge in [-0.3, -0.25) is 9.69 Å². The Bertz CT molecular complexity index is 491. The third-order valence-corrected chi connectivity index (χ3v) is 3.72. The zero-order valence-electron chi connectivity index (χ0n) is 11.3. The van der Waals surface area contributed by atoms with Gasteiger partial charge in [0, 0.05) is 31.2 Å². The highest BCUT2D eigenvalue weighted by Crippen LogP contribution is 2.20. The molecular weight excluding hydrogens is 259 g/mol. The number of hydrogen-bond acceptors (Lipinski definition) is 3. The Morgan fingerprint density at radius 1 is 1.40 bits per heavy atom. The highest BCUT2D eigenvalue weighted by atomic mass is 19.1. The van der Waals surface area contributed by atoms with Crippen LogP contribution >= 0.6 is 0 Å². The van der Waals surface area contributed by atoms with E-state index in [0.717, 1.165) is 19.4 Å². The Morgan fingerprint density at radius 3 is 2.95 bits per heavy atom. The molecule has 1 aromatic carbocycles. The van der Waals surface area contributed by atoms with Gasteiger partial charge in [0.2, 0.25) is 0 Å². The van der Waals surface area contributed by atoms with Crippen molar-refractivity contribution < 1.29 is 13.9 Å². The van der Waals surface area contributed by atoms with Gasteiger partial charge in [0.15, 0.2) is 0 Å². The maximum Gasteiger partial charge on any atom is 0.250 e. The van der Waals surface area contributed by atoms with Crippen LogP contribution in [0.1, 0.15) is 18.4 Å². The minimum absolute atomic E-state index is 0.0364. The Labute approximate surface area is 117 Å². The number of ether oxygens (including phenoxy) is 1. The fourth-order valence-corrected chi connectivity index (χ4v) is 2.39. The second kappa shape index (κ2) is 5.89. The van der Waals surface area contributed by atoms with Crippen LogP contribution in [0.2, 0.25) is 0 Å². The number of nitrogens with zero attached hydrogens (tertiary/aromatic N) is 1. The minimum atomic E-state index is -0.434. The molecule has 0 radical (unpaired) electrons. The molecule has 1 aromatic rings. The molecule has 1 N–H and O–H groups in total. The predicted octanol–water partition coefficient (Wildman–Crippen LogP) is 1.31. The van der Waals surface area contributed by atoms with Crippen LogP contribution in [0.25, 0.3) is 0 Å². The average Bonchev–Trinajstić information content (AvgIpc) is 3.26. The largest absolute Gasteiger partial charge is 0.366 e. The predicted molar refractivity (Wildman–Crippen MR) is 72.6 cm³/mol. The summed E-state index contributed by atoms with van der Waals surface area (Å²) in [6.07, 6.45) is 1.70. The summed E-state index contributed by atoms with van der Waals surface area (Å²) in [7, 11) is 0. The molecule has 1 saturated carbocycles. The van der Waals surface area contributed by atoms with E-state index in [1.54, 1.807) is 12.1 Å². The number of nitrogens with one attached hydrogen (secondary N) is 1. The molecular formula is C15H19FN2O2. The van der Waals surface area contributed by atoms with E-state index in [4.69, 9.17) is 4.74 Å². The topological polar surface area (TPSA) is 41.6 Å². The van der Waals surface area contributed by atoms with Crippen LogP contribution in [0, 0.1) is 5.82 Å². The molecule has 0 aromatic heterocycles. The Kier molecular flexibility index (Phi) is 3.98. The lowest BCUT2D eigenvalue weighted by atomic mass is 10.1. The first kappa shape index (κ1) is 13.5.